The fraction of sp³-hybridized carbons (Fsp3) is 0.455. The number of aromatic nitrogens is 1. The minimum absolute atomic E-state index is 0. The number of nitrogens with zero attached hydrogens (tertiary/aromatic N) is 2. The first-order chi connectivity index (χ1) is 14.7. The molecule has 1 aromatic carbocycles. The normalized spacial score (nSPS) is 11.8. The number of rotatable bonds is 12. The largest absolute Gasteiger partial charge is 0.493 e. The highest BCUT2D eigenvalue weighted by Gasteiger charge is 2.10. The zero-order chi connectivity index (χ0) is 21.6. The first-order valence-corrected chi connectivity index (χ1v) is 10.0. The molecule has 0 amide bonds. The van der Waals surface area contributed by atoms with Crippen LogP contribution in [0.25, 0.3) is 0 Å². The van der Waals surface area contributed by atoms with Gasteiger partial charge in [0.2, 0.25) is 5.88 Å². The average molecular weight is 544 g/mol. The van der Waals surface area contributed by atoms with Gasteiger partial charge in [-0.15, -0.1) is 24.0 Å². The number of aliphatic imine (C=N–C) groups is 1. The van der Waals surface area contributed by atoms with Gasteiger partial charge < -0.3 is 29.6 Å². The van der Waals surface area contributed by atoms with Gasteiger partial charge >= 0.3 is 0 Å². The fourth-order valence-electron chi connectivity index (χ4n) is 2.62. The van der Waals surface area contributed by atoms with Crippen LogP contribution >= 0.6 is 24.0 Å². The van der Waals surface area contributed by atoms with E-state index in [0.717, 1.165) is 12.1 Å². The number of halogens is 1. The highest BCUT2D eigenvalue weighted by atomic mass is 127. The maximum atomic E-state index is 5.99. The van der Waals surface area contributed by atoms with Gasteiger partial charge in [-0.25, -0.2) is 9.98 Å². The molecule has 9 heteroatoms. The van der Waals surface area contributed by atoms with Crippen LogP contribution in [-0.4, -0.2) is 57.6 Å². The van der Waals surface area contributed by atoms with E-state index in [1.165, 1.54) is 0 Å². The third-order valence-corrected chi connectivity index (χ3v) is 4.08. The van der Waals surface area contributed by atoms with Crippen molar-refractivity contribution in [1.82, 2.24) is 15.6 Å². The minimum Gasteiger partial charge on any atom is -0.493 e. The number of hydrogen-bond donors (Lipinski definition) is 2. The molecule has 1 atom stereocenters. The molecule has 0 radical (unpaired) electrons. The lowest BCUT2D eigenvalue weighted by atomic mass is 10.3. The van der Waals surface area contributed by atoms with Crippen molar-refractivity contribution in [2.24, 2.45) is 4.99 Å². The molecule has 172 valence electrons. The van der Waals surface area contributed by atoms with E-state index in [-0.39, 0.29) is 30.1 Å². The highest BCUT2D eigenvalue weighted by Crippen LogP contribution is 2.26. The van der Waals surface area contributed by atoms with Gasteiger partial charge in [-0.1, -0.05) is 18.2 Å². The maximum absolute atomic E-state index is 5.99. The molecule has 0 fully saturated rings. The Morgan fingerprint density at radius 1 is 1.06 bits per heavy atom. The second-order valence-corrected chi connectivity index (χ2v) is 6.46. The summed E-state index contributed by atoms with van der Waals surface area (Å²) in [4.78, 5) is 8.94. The number of methoxy groups -OCH3 is 2. The molecule has 2 N–H and O–H groups in total. The quantitative estimate of drug-likeness (QED) is 0.184. The van der Waals surface area contributed by atoms with Crippen LogP contribution in [0.4, 0.5) is 0 Å². The third-order valence-electron chi connectivity index (χ3n) is 4.08. The molecule has 0 saturated heterocycles. The second-order valence-electron chi connectivity index (χ2n) is 6.46. The molecule has 1 aromatic heterocycles. The van der Waals surface area contributed by atoms with Gasteiger partial charge in [0, 0.05) is 25.4 Å². The predicted molar refractivity (Wildman–Crippen MR) is 133 cm³/mol. The molecule has 31 heavy (non-hydrogen) atoms. The van der Waals surface area contributed by atoms with Crippen molar-refractivity contribution in [3.63, 3.8) is 0 Å². The molecule has 0 saturated carbocycles. The third kappa shape index (κ3) is 9.60. The highest BCUT2D eigenvalue weighted by molar-refractivity contribution is 14.0. The van der Waals surface area contributed by atoms with E-state index in [2.05, 4.69) is 20.6 Å². The summed E-state index contributed by atoms with van der Waals surface area (Å²) < 4.78 is 22.0. The van der Waals surface area contributed by atoms with Crippen molar-refractivity contribution >= 4 is 29.9 Å². The average Bonchev–Trinajstić information content (AvgIpc) is 2.77. The number of para-hydroxylation sites is 2. The van der Waals surface area contributed by atoms with Gasteiger partial charge in [0.25, 0.3) is 0 Å². The summed E-state index contributed by atoms with van der Waals surface area (Å²) >= 11 is 0. The SMILES string of the molecule is CCNC(=NCc1cccnc1OCCOC)NCC(C)Oc1ccccc1OC.I. The maximum Gasteiger partial charge on any atom is 0.218 e. The Labute approximate surface area is 201 Å². The van der Waals surface area contributed by atoms with Crippen molar-refractivity contribution < 1.29 is 18.9 Å². The van der Waals surface area contributed by atoms with E-state index in [9.17, 15) is 0 Å². The summed E-state index contributed by atoms with van der Waals surface area (Å²) in [6, 6.07) is 11.4. The molecule has 1 unspecified atom stereocenters. The molecular weight excluding hydrogens is 511 g/mol. The van der Waals surface area contributed by atoms with Gasteiger partial charge in [0.1, 0.15) is 12.7 Å². The number of pyridine rings is 1. The fourth-order valence-corrected chi connectivity index (χ4v) is 2.62. The molecule has 0 aliphatic carbocycles. The molecule has 0 aliphatic heterocycles. The molecule has 1 heterocycles. The molecule has 2 rings (SSSR count). The van der Waals surface area contributed by atoms with E-state index < -0.39 is 0 Å². The summed E-state index contributed by atoms with van der Waals surface area (Å²) in [5.74, 6) is 2.69. The minimum atomic E-state index is -0.0866. The molecule has 0 bridgehead atoms. The van der Waals surface area contributed by atoms with Crippen LogP contribution < -0.4 is 24.8 Å². The van der Waals surface area contributed by atoms with Gasteiger partial charge in [-0.05, 0) is 32.0 Å². The Kier molecular flexibility index (Phi) is 13.4. The lowest BCUT2D eigenvalue weighted by Crippen LogP contribution is -2.41. The van der Waals surface area contributed by atoms with E-state index in [0.29, 0.717) is 49.6 Å². The molecular formula is C22H33IN4O4. The topological polar surface area (TPSA) is 86.2 Å². The molecule has 0 spiro atoms. The van der Waals surface area contributed by atoms with Gasteiger partial charge in [0.05, 0.1) is 26.8 Å². The van der Waals surface area contributed by atoms with Crippen LogP contribution in [0.5, 0.6) is 17.4 Å². The monoisotopic (exact) mass is 544 g/mol. The van der Waals surface area contributed by atoms with Crippen molar-refractivity contribution in [3.8, 4) is 17.4 Å². The van der Waals surface area contributed by atoms with E-state index in [1.54, 1.807) is 20.4 Å². The molecule has 0 aliphatic rings. The van der Waals surface area contributed by atoms with Crippen LogP contribution in [-0.2, 0) is 11.3 Å². The van der Waals surface area contributed by atoms with Crippen LogP contribution in [0, 0.1) is 0 Å². The smallest absolute Gasteiger partial charge is 0.218 e. The Hall–Kier alpha value is -2.27. The van der Waals surface area contributed by atoms with Gasteiger partial charge in [-0.2, -0.15) is 0 Å². The summed E-state index contributed by atoms with van der Waals surface area (Å²) in [5.41, 5.74) is 0.907. The number of ether oxygens (including phenoxy) is 4. The van der Waals surface area contributed by atoms with E-state index in [4.69, 9.17) is 18.9 Å². The Bertz CT molecular complexity index is 792. The van der Waals surface area contributed by atoms with E-state index in [1.807, 2.05) is 50.2 Å². The predicted octanol–water partition coefficient (Wildman–Crippen LogP) is 3.26. The summed E-state index contributed by atoms with van der Waals surface area (Å²) in [7, 11) is 3.27. The van der Waals surface area contributed by atoms with Crippen molar-refractivity contribution in [2.45, 2.75) is 26.5 Å². The summed E-state index contributed by atoms with van der Waals surface area (Å²) in [6.45, 7) is 6.73. The second kappa shape index (κ2) is 15.5. The number of benzene rings is 1. The molecule has 2 aromatic rings. The number of nitrogens with one attached hydrogen (secondary N) is 2. The lowest BCUT2D eigenvalue weighted by Gasteiger charge is -2.19. The van der Waals surface area contributed by atoms with Crippen molar-refractivity contribution in [1.29, 1.82) is 0 Å². The first-order valence-electron chi connectivity index (χ1n) is 10.0. The summed E-state index contributed by atoms with van der Waals surface area (Å²) in [6.07, 6.45) is 1.62. The van der Waals surface area contributed by atoms with Crippen molar-refractivity contribution in [2.75, 3.05) is 40.5 Å². The van der Waals surface area contributed by atoms with Crippen LogP contribution in [0.3, 0.4) is 0 Å². The Morgan fingerprint density at radius 3 is 2.55 bits per heavy atom. The first kappa shape index (κ1) is 26.8. The Morgan fingerprint density at radius 2 is 1.84 bits per heavy atom. The summed E-state index contributed by atoms with van der Waals surface area (Å²) in [5, 5.41) is 6.56. The van der Waals surface area contributed by atoms with E-state index >= 15 is 0 Å². The molecule has 8 nitrogen and oxygen atoms in total. The van der Waals surface area contributed by atoms with Crippen LogP contribution in [0.2, 0.25) is 0 Å². The van der Waals surface area contributed by atoms with Gasteiger partial charge in [0.15, 0.2) is 17.5 Å². The lowest BCUT2D eigenvalue weighted by molar-refractivity contribution is 0.143. The van der Waals surface area contributed by atoms with Crippen molar-refractivity contribution in [3.05, 3.63) is 48.2 Å². The zero-order valence-electron chi connectivity index (χ0n) is 18.6. The van der Waals surface area contributed by atoms with Gasteiger partial charge in [-0.3, -0.25) is 0 Å². The standard InChI is InChI=1S/C22H32N4O4.HI/c1-5-23-22(25-15-17(2)30-20-11-7-6-10-19(20)28-4)26-16-18-9-8-12-24-21(18)29-14-13-27-3;/h6-12,17H,5,13-16H2,1-4H3,(H2,23,25,26);1H. The number of hydrogen-bond acceptors (Lipinski definition) is 6. The number of guanidine groups is 1. The Balaban J connectivity index is 0.00000480. The zero-order valence-corrected chi connectivity index (χ0v) is 20.9. The van der Waals surface area contributed by atoms with Crippen LogP contribution in [0.1, 0.15) is 19.4 Å². The van der Waals surface area contributed by atoms with Crippen LogP contribution in [0.15, 0.2) is 47.6 Å².